The molecule has 0 aliphatic carbocycles. The van der Waals surface area contributed by atoms with Crippen LogP contribution in [0.4, 0.5) is 27.4 Å². The molecule has 0 radical (unpaired) electrons. The van der Waals surface area contributed by atoms with Gasteiger partial charge in [-0.1, -0.05) is 35.9 Å². The van der Waals surface area contributed by atoms with Crippen molar-refractivity contribution < 1.29 is 9.18 Å². The Balaban J connectivity index is 1.45. The Hall–Kier alpha value is -4.26. The van der Waals surface area contributed by atoms with Gasteiger partial charge in [-0.2, -0.15) is 0 Å². The summed E-state index contributed by atoms with van der Waals surface area (Å²) < 4.78 is 14.0. The Morgan fingerprint density at radius 1 is 0.939 bits per heavy atom. The third-order valence-corrected chi connectivity index (χ3v) is 4.96. The lowest BCUT2D eigenvalue weighted by atomic mass is 10.1. The molecule has 1 aromatic heterocycles. The lowest BCUT2D eigenvalue weighted by molar-refractivity contribution is -0.114. The number of anilines is 4. The molecule has 7 heteroatoms. The Kier molecular flexibility index (Phi) is 6.59. The minimum Gasteiger partial charge on any atom is -0.381 e. The number of carbonyl (C=O) groups is 1. The molecule has 0 unspecified atom stereocenters. The zero-order valence-electron chi connectivity index (χ0n) is 18.4. The number of hydrogen-bond acceptors (Lipinski definition) is 5. The predicted molar refractivity (Wildman–Crippen MR) is 130 cm³/mol. The highest BCUT2D eigenvalue weighted by Crippen LogP contribution is 2.23. The van der Waals surface area contributed by atoms with E-state index in [4.69, 9.17) is 0 Å². The highest BCUT2D eigenvalue weighted by molar-refractivity contribution is 5.88. The molecular formula is C26H24FN5O. The standard InChI is InChI=1S/C26H24FN5O/c1-17-6-11-24(27)20(14-17)16-29-22-4-3-5-23(15-22)31-26-28-13-12-25(32-26)19-7-9-21(10-8-19)30-18(2)33/h3-15,29H,16H2,1-2H3,(H,30,33)(H,28,31,32). The number of carbonyl (C=O) groups excluding carboxylic acids is 1. The molecule has 4 aromatic rings. The maximum Gasteiger partial charge on any atom is 0.227 e. The van der Waals surface area contributed by atoms with E-state index in [0.717, 1.165) is 33.9 Å². The van der Waals surface area contributed by atoms with E-state index in [9.17, 15) is 9.18 Å². The van der Waals surface area contributed by atoms with Gasteiger partial charge >= 0.3 is 0 Å². The van der Waals surface area contributed by atoms with Gasteiger partial charge in [0.05, 0.1) is 5.69 Å². The van der Waals surface area contributed by atoms with E-state index >= 15 is 0 Å². The number of aromatic nitrogens is 2. The Labute approximate surface area is 191 Å². The van der Waals surface area contributed by atoms with Gasteiger partial charge in [-0.25, -0.2) is 14.4 Å². The van der Waals surface area contributed by atoms with E-state index in [2.05, 4.69) is 25.9 Å². The molecule has 0 saturated heterocycles. The summed E-state index contributed by atoms with van der Waals surface area (Å²) in [5.74, 6) is 0.120. The fraction of sp³-hybridized carbons (Fsp3) is 0.115. The van der Waals surface area contributed by atoms with Crippen molar-refractivity contribution in [2.45, 2.75) is 20.4 Å². The van der Waals surface area contributed by atoms with E-state index in [1.54, 1.807) is 12.3 Å². The van der Waals surface area contributed by atoms with Crippen molar-refractivity contribution in [1.29, 1.82) is 0 Å². The van der Waals surface area contributed by atoms with Crippen molar-refractivity contribution in [3.05, 3.63) is 95.9 Å². The number of nitrogens with one attached hydrogen (secondary N) is 3. The highest BCUT2D eigenvalue weighted by Gasteiger charge is 2.06. The normalized spacial score (nSPS) is 10.5. The van der Waals surface area contributed by atoms with Crippen LogP contribution in [-0.2, 0) is 11.3 Å². The molecular weight excluding hydrogens is 417 g/mol. The maximum absolute atomic E-state index is 14.0. The van der Waals surface area contributed by atoms with E-state index in [0.29, 0.717) is 18.1 Å². The summed E-state index contributed by atoms with van der Waals surface area (Å²) in [7, 11) is 0. The molecule has 0 spiro atoms. The molecule has 0 atom stereocenters. The van der Waals surface area contributed by atoms with Gasteiger partial charge in [0, 0.05) is 47.9 Å². The maximum atomic E-state index is 14.0. The van der Waals surface area contributed by atoms with Crippen molar-refractivity contribution in [3.8, 4) is 11.3 Å². The van der Waals surface area contributed by atoms with Crippen molar-refractivity contribution >= 4 is 28.9 Å². The Morgan fingerprint density at radius 3 is 2.52 bits per heavy atom. The van der Waals surface area contributed by atoms with Crippen LogP contribution in [0.1, 0.15) is 18.1 Å². The van der Waals surface area contributed by atoms with Crippen LogP contribution in [0.3, 0.4) is 0 Å². The summed E-state index contributed by atoms with van der Waals surface area (Å²) in [6.07, 6.45) is 1.69. The third-order valence-electron chi connectivity index (χ3n) is 4.96. The van der Waals surface area contributed by atoms with Crippen LogP contribution in [-0.4, -0.2) is 15.9 Å². The first kappa shape index (κ1) is 22.0. The summed E-state index contributed by atoms with van der Waals surface area (Å²) >= 11 is 0. The van der Waals surface area contributed by atoms with Gasteiger partial charge < -0.3 is 16.0 Å². The molecule has 3 aromatic carbocycles. The molecule has 4 rings (SSSR count). The van der Waals surface area contributed by atoms with Crippen LogP contribution in [0, 0.1) is 12.7 Å². The largest absolute Gasteiger partial charge is 0.381 e. The summed E-state index contributed by atoms with van der Waals surface area (Å²) in [5, 5.41) is 9.23. The lowest BCUT2D eigenvalue weighted by Crippen LogP contribution is -2.05. The number of halogens is 1. The average Bonchev–Trinajstić information content (AvgIpc) is 2.80. The highest BCUT2D eigenvalue weighted by atomic mass is 19.1. The molecule has 1 heterocycles. The fourth-order valence-electron chi connectivity index (χ4n) is 3.38. The number of aryl methyl sites for hydroxylation is 1. The third kappa shape index (κ3) is 5.92. The van der Waals surface area contributed by atoms with Crippen LogP contribution >= 0.6 is 0 Å². The first-order valence-corrected chi connectivity index (χ1v) is 10.5. The second-order valence-electron chi connectivity index (χ2n) is 7.68. The number of rotatable bonds is 7. The molecule has 0 aliphatic heterocycles. The topological polar surface area (TPSA) is 78.9 Å². The zero-order valence-corrected chi connectivity index (χ0v) is 18.4. The van der Waals surface area contributed by atoms with Crippen LogP contribution in [0.2, 0.25) is 0 Å². The van der Waals surface area contributed by atoms with E-state index in [1.807, 2.05) is 67.6 Å². The summed E-state index contributed by atoms with van der Waals surface area (Å²) in [5.41, 5.74) is 5.69. The Morgan fingerprint density at radius 2 is 1.73 bits per heavy atom. The second kappa shape index (κ2) is 9.91. The minimum absolute atomic E-state index is 0.114. The van der Waals surface area contributed by atoms with Crippen LogP contribution in [0.15, 0.2) is 79.0 Å². The van der Waals surface area contributed by atoms with E-state index < -0.39 is 0 Å². The molecule has 0 aliphatic rings. The predicted octanol–water partition coefficient (Wildman–Crippen LogP) is 5.91. The quantitative estimate of drug-likeness (QED) is 0.333. The molecule has 0 bridgehead atoms. The molecule has 166 valence electrons. The second-order valence-corrected chi connectivity index (χ2v) is 7.68. The van der Waals surface area contributed by atoms with Crippen molar-refractivity contribution in [2.75, 3.05) is 16.0 Å². The van der Waals surface area contributed by atoms with Crippen molar-refractivity contribution in [2.24, 2.45) is 0 Å². The lowest BCUT2D eigenvalue weighted by Gasteiger charge is -2.11. The summed E-state index contributed by atoms with van der Waals surface area (Å²) in [6, 6.07) is 22.0. The molecule has 1 amide bonds. The summed E-state index contributed by atoms with van der Waals surface area (Å²) in [6.45, 7) is 3.80. The SMILES string of the molecule is CC(=O)Nc1ccc(-c2ccnc(Nc3cccc(NCc4cc(C)ccc4F)c3)n2)cc1. The van der Waals surface area contributed by atoms with Gasteiger partial charge in [-0.15, -0.1) is 0 Å². The molecule has 3 N–H and O–H groups in total. The summed E-state index contributed by atoms with van der Waals surface area (Å²) in [4.78, 5) is 20.1. The number of nitrogens with zero attached hydrogens (tertiary/aromatic N) is 2. The number of hydrogen-bond donors (Lipinski definition) is 3. The van der Waals surface area contributed by atoms with Gasteiger partial charge in [0.25, 0.3) is 0 Å². The molecule has 0 saturated carbocycles. The molecule has 6 nitrogen and oxygen atoms in total. The smallest absolute Gasteiger partial charge is 0.227 e. The van der Waals surface area contributed by atoms with Crippen LogP contribution in [0.5, 0.6) is 0 Å². The van der Waals surface area contributed by atoms with Gasteiger partial charge in [-0.3, -0.25) is 4.79 Å². The number of benzene rings is 3. The average molecular weight is 442 g/mol. The van der Waals surface area contributed by atoms with Crippen LogP contribution < -0.4 is 16.0 Å². The van der Waals surface area contributed by atoms with Gasteiger partial charge in [0.15, 0.2) is 0 Å². The Bertz CT molecular complexity index is 1270. The van der Waals surface area contributed by atoms with Crippen LogP contribution in [0.25, 0.3) is 11.3 Å². The molecule has 33 heavy (non-hydrogen) atoms. The minimum atomic E-state index is -0.224. The van der Waals surface area contributed by atoms with E-state index in [-0.39, 0.29) is 11.7 Å². The van der Waals surface area contributed by atoms with E-state index in [1.165, 1.54) is 13.0 Å². The van der Waals surface area contributed by atoms with Gasteiger partial charge in [0.2, 0.25) is 11.9 Å². The zero-order chi connectivity index (χ0) is 23.2. The van der Waals surface area contributed by atoms with Gasteiger partial charge in [0.1, 0.15) is 5.82 Å². The first-order chi connectivity index (χ1) is 16.0. The monoisotopic (exact) mass is 441 g/mol. The molecule has 0 fully saturated rings. The first-order valence-electron chi connectivity index (χ1n) is 10.5. The van der Waals surface area contributed by atoms with Crippen molar-refractivity contribution in [3.63, 3.8) is 0 Å². The van der Waals surface area contributed by atoms with Crippen molar-refractivity contribution in [1.82, 2.24) is 9.97 Å². The van der Waals surface area contributed by atoms with Gasteiger partial charge in [-0.05, 0) is 49.4 Å². The number of amides is 1. The fourth-order valence-corrected chi connectivity index (χ4v) is 3.38.